The monoisotopic (exact) mass is 337 g/mol. The van der Waals surface area contributed by atoms with Crippen molar-refractivity contribution in [2.24, 2.45) is 0 Å². The first-order valence-corrected chi connectivity index (χ1v) is 6.85. The molecule has 0 aliphatic carbocycles. The third kappa shape index (κ3) is 5.33. The molecule has 3 nitrogen and oxygen atoms in total. The lowest BCUT2D eigenvalue weighted by molar-refractivity contribution is 0.0943. The molecule has 0 unspecified atom stereocenters. The predicted octanol–water partition coefficient (Wildman–Crippen LogP) is 2.96. The van der Waals surface area contributed by atoms with Gasteiger partial charge < -0.3 is 10.1 Å². The van der Waals surface area contributed by atoms with Gasteiger partial charge in [0.05, 0.1) is 12.2 Å². The Morgan fingerprint density at radius 2 is 2.22 bits per heavy atom. The van der Waals surface area contributed by atoms with E-state index in [0.717, 1.165) is 0 Å². The van der Waals surface area contributed by atoms with Gasteiger partial charge in [-0.05, 0) is 40.5 Å². The summed E-state index contributed by atoms with van der Waals surface area (Å²) >= 11 is 8.60. The van der Waals surface area contributed by atoms with E-state index in [1.807, 2.05) is 0 Å². The molecule has 18 heavy (non-hydrogen) atoms. The average molecular weight is 339 g/mol. The Morgan fingerprint density at radius 3 is 2.89 bits per heavy atom. The minimum absolute atomic E-state index is 0.237. The van der Waals surface area contributed by atoms with Gasteiger partial charge in [-0.1, -0.05) is 0 Å². The van der Waals surface area contributed by atoms with Gasteiger partial charge in [-0.2, -0.15) is 0 Å². The largest absolute Gasteiger partial charge is 0.380 e. The van der Waals surface area contributed by atoms with Crippen molar-refractivity contribution in [3.63, 3.8) is 0 Å². The highest BCUT2D eigenvalue weighted by atomic mass is 79.9. The number of alkyl halides is 1. The molecule has 6 heteroatoms. The van der Waals surface area contributed by atoms with Crippen LogP contribution in [0.5, 0.6) is 0 Å². The smallest absolute Gasteiger partial charge is 0.252 e. The fourth-order valence-corrected chi connectivity index (χ4v) is 1.94. The lowest BCUT2D eigenvalue weighted by Crippen LogP contribution is -2.25. The van der Waals surface area contributed by atoms with Crippen LogP contribution in [-0.2, 0) is 4.74 Å². The normalized spacial score (nSPS) is 10.4. The number of ether oxygens (including phenoxy) is 1. The average Bonchev–Trinajstić information content (AvgIpc) is 2.33. The van der Waals surface area contributed by atoms with Crippen LogP contribution in [0.2, 0.25) is 0 Å². The zero-order valence-electron chi connectivity index (χ0n) is 9.72. The summed E-state index contributed by atoms with van der Waals surface area (Å²) in [5.74, 6) is -0.151. The molecule has 1 aromatic carbocycles. The Balaban J connectivity index is 2.32. The van der Waals surface area contributed by atoms with Crippen molar-refractivity contribution in [2.75, 3.05) is 25.6 Å². The fraction of sp³-hybridized carbons (Fsp3) is 0.417. The Kier molecular flexibility index (Phi) is 7.23. The number of hydrogen-bond donors (Lipinski definition) is 1. The molecule has 0 aliphatic rings. The van der Waals surface area contributed by atoms with Gasteiger partial charge in [0.25, 0.3) is 5.91 Å². The maximum absolute atomic E-state index is 12.8. The van der Waals surface area contributed by atoms with Crippen molar-refractivity contribution in [1.29, 1.82) is 0 Å². The maximum atomic E-state index is 12.8. The Bertz CT molecular complexity index is 404. The molecule has 1 N–H and O–H groups in total. The van der Waals surface area contributed by atoms with Gasteiger partial charge in [0.2, 0.25) is 0 Å². The highest BCUT2D eigenvalue weighted by molar-refractivity contribution is 9.10. The molecular formula is C12H14BrClFNO2. The van der Waals surface area contributed by atoms with E-state index >= 15 is 0 Å². The number of halogens is 3. The first-order chi connectivity index (χ1) is 8.65. The van der Waals surface area contributed by atoms with Crippen LogP contribution in [-0.4, -0.2) is 31.5 Å². The lowest BCUT2D eigenvalue weighted by Gasteiger charge is -2.07. The van der Waals surface area contributed by atoms with Crippen molar-refractivity contribution >= 4 is 33.4 Å². The quantitative estimate of drug-likeness (QED) is 0.613. The summed E-state index contributed by atoms with van der Waals surface area (Å²) in [5.41, 5.74) is 0.415. The summed E-state index contributed by atoms with van der Waals surface area (Å²) < 4.78 is 18.5. The Labute approximate surface area is 119 Å². The van der Waals surface area contributed by atoms with Crippen LogP contribution in [0.15, 0.2) is 22.7 Å². The summed E-state index contributed by atoms with van der Waals surface area (Å²) in [6.45, 7) is 1.57. The van der Waals surface area contributed by atoms with Crippen molar-refractivity contribution < 1.29 is 13.9 Å². The topological polar surface area (TPSA) is 38.3 Å². The van der Waals surface area contributed by atoms with E-state index in [-0.39, 0.29) is 11.7 Å². The van der Waals surface area contributed by atoms with Crippen molar-refractivity contribution in [1.82, 2.24) is 5.32 Å². The third-order valence-electron chi connectivity index (χ3n) is 2.15. The van der Waals surface area contributed by atoms with E-state index < -0.39 is 0 Å². The molecule has 1 aromatic rings. The van der Waals surface area contributed by atoms with Gasteiger partial charge in [-0.25, -0.2) is 4.39 Å². The van der Waals surface area contributed by atoms with E-state index in [9.17, 15) is 9.18 Å². The molecule has 0 saturated carbocycles. The molecular weight excluding hydrogens is 324 g/mol. The third-order valence-corrected chi connectivity index (χ3v) is 2.96. The minimum Gasteiger partial charge on any atom is -0.380 e. The van der Waals surface area contributed by atoms with Crippen LogP contribution < -0.4 is 5.32 Å². The van der Waals surface area contributed by atoms with Gasteiger partial charge in [0.15, 0.2) is 0 Å². The standard InChI is InChI=1S/C12H14BrClFNO2/c13-11-8-9(15)2-3-10(11)12(17)16-5-1-6-18-7-4-14/h2-3,8H,1,4-7H2,(H,16,17). The minimum atomic E-state index is -0.382. The second kappa shape index (κ2) is 8.45. The van der Waals surface area contributed by atoms with Gasteiger partial charge in [0, 0.05) is 23.5 Å². The molecule has 0 fully saturated rings. The zero-order valence-corrected chi connectivity index (χ0v) is 12.1. The second-order valence-electron chi connectivity index (χ2n) is 3.53. The summed E-state index contributed by atoms with van der Waals surface area (Å²) in [6, 6.07) is 3.96. The summed E-state index contributed by atoms with van der Waals surface area (Å²) in [7, 11) is 0. The number of nitrogens with one attached hydrogen (secondary N) is 1. The Morgan fingerprint density at radius 1 is 1.44 bits per heavy atom. The molecule has 0 spiro atoms. The molecule has 100 valence electrons. The number of amides is 1. The summed E-state index contributed by atoms with van der Waals surface area (Å²) in [5, 5.41) is 2.73. The molecule has 0 aliphatic heterocycles. The number of rotatable bonds is 7. The molecule has 0 bridgehead atoms. The van der Waals surface area contributed by atoms with E-state index in [1.165, 1.54) is 18.2 Å². The molecule has 0 radical (unpaired) electrons. The van der Waals surface area contributed by atoms with Crippen molar-refractivity contribution in [3.05, 3.63) is 34.1 Å². The zero-order chi connectivity index (χ0) is 13.4. The van der Waals surface area contributed by atoms with Gasteiger partial charge in [-0.3, -0.25) is 4.79 Å². The van der Waals surface area contributed by atoms with Gasteiger partial charge >= 0.3 is 0 Å². The number of benzene rings is 1. The lowest BCUT2D eigenvalue weighted by atomic mass is 10.2. The van der Waals surface area contributed by atoms with Gasteiger partial charge in [0.1, 0.15) is 5.82 Å². The molecule has 1 rings (SSSR count). The van der Waals surface area contributed by atoms with Crippen molar-refractivity contribution in [2.45, 2.75) is 6.42 Å². The first kappa shape index (κ1) is 15.4. The van der Waals surface area contributed by atoms with E-state index in [0.29, 0.717) is 42.1 Å². The summed E-state index contributed by atoms with van der Waals surface area (Å²) in [4.78, 5) is 11.7. The first-order valence-electron chi connectivity index (χ1n) is 5.52. The maximum Gasteiger partial charge on any atom is 0.252 e. The second-order valence-corrected chi connectivity index (χ2v) is 4.77. The van der Waals surface area contributed by atoms with Crippen LogP contribution in [0.1, 0.15) is 16.8 Å². The number of carbonyl (C=O) groups is 1. The SMILES string of the molecule is O=C(NCCCOCCCl)c1ccc(F)cc1Br. The van der Waals surface area contributed by atoms with Gasteiger partial charge in [-0.15, -0.1) is 11.6 Å². The highest BCUT2D eigenvalue weighted by Gasteiger charge is 2.09. The number of carbonyl (C=O) groups excluding carboxylic acids is 1. The molecule has 0 aromatic heterocycles. The molecule has 0 atom stereocenters. The molecule has 0 heterocycles. The van der Waals surface area contributed by atoms with Crippen LogP contribution in [0, 0.1) is 5.82 Å². The van der Waals surface area contributed by atoms with Crippen LogP contribution in [0.25, 0.3) is 0 Å². The van der Waals surface area contributed by atoms with Crippen LogP contribution in [0.3, 0.4) is 0 Å². The van der Waals surface area contributed by atoms with Crippen molar-refractivity contribution in [3.8, 4) is 0 Å². The Hall–Kier alpha value is -0.650. The summed E-state index contributed by atoms with van der Waals surface area (Å²) in [6.07, 6.45) is 0.710. The van der Waals surface area contributed by atoms with E-state index in [4.69, 9.17) is 16.3 Å². The van der Waals surface area contributed by atoms with E-state index in [2.05, 4.69) is 21.2 Å². The predicted molar refractivity (Wildman–Crippen MR) is 72.6 cm³/mol. The van der Waals surface area contributed by atoms with E-state index in [1.54, 1.807) is 0 Å². The van der Waals surface area contributed by atoms with Crippen LogP contribution in [0.4, 0.5) is 4.39 Å². The van der Waals surface area contributed by atoms with Crippen LogP contribution >= 0.6 is 27.5 Å². The fourth-order valence-electron chi connectivity index (χ4n) is 1.30. The molecule has 1 amide bonds. The highest BCUT2D eigenvalue weighted by Crippen LogP contribution is 2.17. The molecule has 0 saturated heterocycles. The number of hydrogen-bond acceptors (Lipinski definition) is 2.